The quantitative estimate of drug-likeness (QED) is 0.731. The molecule has 7 heteroatoms. The summed E-state index contributed by atoms with van der Waals surface area (Å²) >= 11 is 6.06. The van der Waals surface area contributed by atoms with E-state index in [0.29, 0.717) is 33.5 Å². The molecule has 0 unspecified atom stereocenters. The highest BCUT2D eigenvalue weighted by Gasteiger charge is 2.14. The highest BCUT2D eigenvalue weighted by Crippen LogP contribution is 2.21. The average Bonchev–Trinajstić information content (AvgIpc) is 2.64. The molecule has 1 amide bonds. The van der Waals surface area contributed by atoms with E-state index in [2.05, 4.69) is 10.3 Å². The third-order valence-corrected chi connectivity index (χ3v) is 4.11. The predicted molar refractivity (Wildman–Crippen MR) is 105 cm³/mol. The zero-order valence-corrected chi connectivity index (χ0v) is 15.7. The minimum atomic E-state index is -0.348. The molecular weight excluding hydrogens is 366 g/mol. The van der Waals surface area contributed by atoms with Gasteiger partial charge in [-0.1, -0.05) is 29.8 Å². The van der Waals surface area contributed by atoms with Gasteiger partial charge in [0.05, 0.1) is 7.11 Å². The minimum Gasteiger partial charge on any atom is -0.497 e. The lowest BCUT2D eigenvalue weighted by Crippen LogP contribution is -2.29. The van der Waals surface area contributed by atoms with Crippen LogP contribution in [-0.4, -0.2) is 22.6 Å². The molecule has 0 aliphatic carbocycles. The Labute approximate surface area is 161 Å². The number of nitrogens with one attached hydrogen (secondary N) is 1. The molecule has 0 atom stereocenters. The van der Waals surface area contributed by atoms with Crippen LogP contribution in [0.3, 0.4) is 0 Å². The van der Waals surface area contributed by atoms with E-state index in [9.17, 15) is 9.59 Å². The van der Waals surface area contributed by atoms with Gasteiger partial charge in [0.25, 0.3) is 5.56 Å². The number of hydrogen-bond donors (Lipinski definition) is 1. The van der Waals surface area contributed by atoms with Crippen LogP contribution in [0.25, 0.3) is 11.4 Å². The molecule has 1 aromatic heterocycles. The van der Waals surface area contributed by atoms with Gasteiger partial charge in [0.2, 0.25) is 5.91 Å². The molecule has 0 fully saturated rings. The molecule has 3 aromatic rings. The third kappa shape index (κ3) is 4.54. The summed E-state index contributed by atoms with van der Waals surface area (Å²) < 4.78 is 6.47. The van der Waals surface area contributed by atoms with Crippen LogP contribution in [0.2, 0.25) is 5.02 Å². The van der Waals surface area contributed by atoms with Crippen molar-refractivity contribution in [3.63, 3.8) is 0 Å². The van der Waals surface area contributed by atoms with Gasteiger partial charge in [-0.15, -0.1) is 0 Å². The van der Waals surface area contributed by atoms with E-state index in [1.165, 1.54) is 10.6 Å². The Morgan fingerprint density at radius 2 is 1.96 bits per heavy atom. The van der Waals surface area contributed by atoms with E-state index in [1.807, 2.05) is 0 Å². The number of hydrogen-bond acceptors (Lipinski definition) is 4. The fraction of sp³-hybridized carbons (Fsp3) is 0.150. The Hall–Kier alpha value is -3.12. The molecule has 2 aromatic carbocycles. The van der Waals surface area contributed by atoms with Crippen molar-refractivity contribution in [3.05, 3.63) is 75.7 Å². The number of halogens is 1. The summed E-state index contributed by atoms with van der Waals surface area (Å²) in [6, 6.07) is 15.4. The summed E-state index contributed by atoms with van der Waals surface area (Å²) in [7, 11) is 1.55. The number of carbonyl (C=O) groups excluding carboxylic acids is 1. The zero-order valence-electron chi connectivity index (χ0n) is 14.9. The highest BCUT2D eigenvalue weighted by atomic mass is 35.5. The van der Waals surface area contributed by atoms with Gasteiger partial charge in [0, 0.05) is 34.1 Å². The van der Waals surface area contributed by atoms with Gasteiger partial charge >= 0.3 is 0 Å². The number of rotatable bonds is 5. The molecule has 0 saturated heterocycles. The number of anilines is 1. The molecule has 6 nitrogen and oxygen atoms in total. The van der Waals surface area contributed by atoms with Gasteiger partial charge in [-0.2, -0.15) is 0 Å². The van der Waals surface area contributed by atoms with Crippen molar-refractivity contribution in [2.75, 3.05) is 12.4 Å². The van der Waals surface area contributed by atoms with Gasteiger partial charge in [0.1, 0.15) is 18.1 Å². The van der Waals surface area contributed by atoms with Crippen molar-refractivity contribution >= 4 is 23.2 Å². The number of aryl methyl sites for hydroxylation is 1. The molecule has 0 aliphatic heterocycles. The van der Waals surface area contributed by atoms with Crippen LogP contribution in [0.15, 0.2) is 59.4 Å². The lowest BCUT2D eigenvalue weighted by Gasteiger charge is -2.13. The van der Waals surface area contributed by atoms with Crippen LogP contribution in [0.5, 0.6) is 5.75 Å². The second-order valence-electron chi connectivity index (χ2n) is 5.94. The zero-order chi connectivity index (χ0) is 19.4. The Balaban J connectivity index is 1.92. The maximum absolute atomic E-state index is 12.5. The largest absolute Gasteiger partial charge is 0.497 e. The Morgan fingerprint density at radius 1 is 1.19 bits per heavy atom. The number of ether oxygens (including phenoxy) is 1. The number of nitrogens with zero attached hydrogens (tertiary/aromatic N) is 2. The molecular formula is C20H18ClN3O3. The molecule has 138 valence electrons. The number of benzene rings is 2. The summed E-state index contributed by atoms with van der Waals surface area (Å²) in [4.78, 5) is 29.4. The van der Waals surface area contributed by atoms with E-state index in [4.69, 9.17) is 16.3 Å². The second-order valence-corrected chi connectivity index (χ2v) is 6.37. The predicted octanol–water partition coefficient (Wildman–Crippen LogP) is 3.52. The highest BCUT2D eigenvalue weighted by molar-refractivity contribution is 6.30. The molecule has 0 spiro atoms. The molecule has 1 N–H and O–H groups in total. The molecule has 27 heavy (non-hydrogen) atoms. The fourth-order valence-electron chi connectivity index (χ4n) is 2.67. The lowest BCUT2D eigenvalue weighted by atomic mass is 10.2. The molecule has 0 bridgehead atoms. The fourth-order valence-corrected chi connectivity index (χ4v) is 2.86. The van der Waals surface area contributed by atoms with Gasteiger partial charge in [-0.3, -0.25) is 14.2 Å². The summed E-state index contributed by atoms with van der Waals surface area (Å²) in [6.07, 6.45) is 0. The monoisotopic (exact) mass is 383 g/mol. The first kappa shape index (κ1) is 18.7. The van der Waals surface area contributed by atoms with Crippen LogP contribution < -0.4 is 15.6 Å². The minimum absolute atomic E-state index is 0.175. The van der Waals surface area contributed by atoms with Crippen molar-refractivity contribution in [3.8, 4) is 17.1 Å². The first-order chi connectivity index (χ1) is 13.0. The van der Waals surface area contributed by atoms with Crippen molar-refractivity contribution in [1.82, 2.24) is 9.55 Å². The Bertz CT molecular complexity index is 1050. The average molecular weight is 384 g/mol. The van der Waals surface area contributed by atoms with Crippen LogP contribution in [0.4, 0.5) is 5.69 Å². The van der Waals surface area contributed by atoms with E-state index in [-0.39, 0.29) is 18.0 Å². The van der Waals surface area contributed by atoms with E-state index < -0.39 is 0 Å². The van der Waals surface area contributed by atoms with Crippen LogP contribution in [0, 0.1) is 6.92 Å². The summed E-state index contributed by atoms with van der Waals surface area (Å²) in [5.74, 6) is 0.671. The van der Waals surface area contributed by atoms with Gasteiger partial charge in [-0.25, -0.2) is 4.98 Å². The van der Waals surface area contributed by atoms with Gasteiger partial charge in [-0.05, 0) is 31.2 Å². The SMILES string of the molecule is COc1cccc(NC(=O)Cn2c(-c3cccc(Cl)c3)nc(C)cc2=O)c1. The van der Waals surface area contributed by atoms with E-state index >= 15 is 0 Å². The number of aromatic nitrogens is 2. The number of amides is 1. The standard InChI is InChI=1S/C20H18ClN3O3/c1-13-9-19(26)24(20(22-13)14-5-3-6-15(21)10-14)12-18(25)23-16-7-4-8-17(11-16)27-2/h3-11H,12H2,1-2H3,(H,23,25). The first-order valence-corrected chi connectivity index (χ1v) is 8.62. The Morgan fingerprint density at radius 3 is 2.70 bits per heavy atom. The normalized spacial score (nSPS) is 10.5. The molecule has 1 heterocycles. The van der Waals surface area contributed by atoms with E-state index in [0.717, 1.165) is 0 Å². The Kier molecular flexibility index (Phi) is 5.57. The molecule has 3 rings (SSSR count). The van der Waals surface area contributed by atoms with E-state index in [1.54, 1.807) is 62.6 Å². The maximum Gasteiger partial charge on any atom is 0.254 e. The van der Waals surface area contributed by atoms with Crippen molar-refractivity contribution in [2.45, 2.75) is 13.5 Å². The summed E-state index contributed by atoms with van der Waals surface area (Å²) in [5.41, 5.74) is 1.51. The van der Waals surface area contributed by atoms with Gasteiger partial charge < -0.3 is 10.1 Å². The molecule has 0 saturated carbocycles. The summed E-state index contributed by atoms with van der Waals surface area (Å²) in [6.45, 7) is 1.56. The molecule has 0 radical (unpaired) electrons. The topological polar surface area (TPSA) is 73.2 Å². The van der Waals surface area contributed by atoms with Gasteiger partial charge in [0.15, 0.2) is 0 Å². The number of carbonyl (C=O) groups is 1. The number of methoxy groups -OCH3 is 1. The maximum atomic E-state index is 12.5. The lowest BCUT2D eigenvalue weighted by molar-refractivity contribution is -0.116. The van der Waals surface area contributed by atoms with Crippen molar-refractivity contribution in [1.29, 1.82) is 0 Å². The van der Waals surface area contributed by atoms with Crippen LogP contribution in [-0.2, 0) is 11.3 Å². The molecule has 0 aliphatic rings. The second kappa shape index (κ2) is 8.05. The first-order valence-electron chi connectivity index (χ1n) is 8.24. The third-order valence-electron chi connectivity index (χ3n) is 3.87. The van der Waals surface area contributed by atoms with Crippen molar-refractivity contribution < 1.29 is 9.53 Å². The smallest absolute Gasteiger partial charge is 0.254 e. The van der Waals surface area contributed by atoms with Crippen LogP contribution >= 0.6 is 11.6 Å². The van der Waals surface area contributed by atoms with Crippen LogP contribution in [0.1, 0.15) is 5.69 Å². The van der Waals surface area contributed by atoms with Crippen molar-refractivity contribution in [2.24, 2.45) is 0 Å². The summed E-state index contributed by atoms with van der Waals surface area (Å²) in [5, 5.41) is 3.29.